The fourth-order valence-corrected chi connectivity index (χ4v) is 3.46. The van der Waals surface area contributed by atoms with Crippen LogP contribution in [0.15, 0.2) is 63.9 Å². The average molecular weight is 349 g/mol. The molecule has 118 valence electrons. The number of halogens is 1. The molecule has 0 aliphatic rings. The van der Waals surface area contributed by atoms with E-state index in [9.17, 15) is 8.42 Å². The molecule has 5 nitrogen and oxygen atoms in total. The lowest BCUT2D eigenvalue weighted by molar-refractivity contribution is 0.504. The van der Waals surface area contributed by atoms with Gasteiger partial charge in [-0.15, -0.1) is 0 Å². The Balaban J connectivity index is 1.93. The molecule has 0 radical (unpaired) electrons. The monoisotopic (exact) mass is 348 g/mol. The smallest absolute Gasteiger partial charge is 0.246 e. The fraction of sp³-hybridized carbons (Fsp3) is 0.0625. The predicted molar refractivity (Wildman–Crippen MR) is 87.5 cm³/mol. The van der Waals surface area contributed by atoms with E-state index in [-0.39, 0.29) is 11.4 Å². The Kier molecular flexibility index (Phi) is 4.21. The Morgan fingerprint density at radius 2 is 1.87 bits per heavy atom. The van der Waals surface area contributed by atoms with Crippen LogP contribution >= 0.6 is 11.6 Å². The average Bonchev–Trinajstić information content (AvgIpc) is 2.52. The largest absolute Gasteiger partial charge is 0.438 e. The second kappa shape index (κ2) is 6.16. The lowest BCUT2D eigenvalue weighted by atomic mass is 10.2. The molecule has 0 amide bonds. The lowest BCUT2D eigenvalue weighted by Gasteiger charge is -2.08. The highest BCUT2D eigenvalue weighted by Crippen LogP contribution is 2.16. The van der Waals surface area contributed by atoms with Crippen LogP contribution in [0.25, 0.3) is 11.0 Å². The van der Waals surface area contributed by atoms with Crippen LogP contribution in [0.5, 0.6) is 0 Å². The number of para-hydroxylation sites is 1. The van der Waals surface area contributed by atoms with Gasteiger partial charge in [0.05, 0.1) is 0 Å². The van der Waals surface area contributed by atoms with Gasteiger partial charge in [-0.25, -0.2) is 13.1 Å². The van der Waals surface area contributed by atoms with E-state index in [0.29, 0.717) is 16.0 Å². The number of hydrogen-bond donors (Lipinski definition) is 2. The van der Waals surface area contributed by atoms with Gasteiger partial charge in [0.15, 0.2) is 0 Å². The minimum atomic E-state index is -3.87. The molecule has 3 rings (SSSR count). The van der Waals surface area contributed by atoms with Gasteiger partial charge >= 0.3 is 0 Å². The maximum Gasteiger partial charge on any atom is 0.246 e. The molecule has 0 unspecified atom stereocenters. The van der Waals surface area contributed by atoms with Crippen LogP contribution < -0.4 is 10.3 Å². The van der Waals surface area contributed by atoms with Gasteiger partial charge < -0.3 is 4.42 Å². The quantitative estimate of drug-likeness (QED) is 0.760. The molecule has 0 fully saturated rings. The topological polar surface area (TPSA) is 83.2 Å². The van der Waals surface area contributed by atoms with E-state index >= 15 is 0 Å². The molecule has 0 saturated carbocycles. The van der Waals surface area contributed by atoms with Gasteiger partial charge in [-0.05, 0) is 29.8 Å². The first-order valence-electron chi connectivity index (χ1n) is 6.77. The molecule has 3 aromatic rings. The normalized spacial score (nSPS) is 11.7. The summed E-state index contributed by atoms with van der Waals surface area (Å²) in [6.45, 7) is 0.0785. The van der Waals surface area contributed by atoms with E-state index in [0.717, 1.165) is 5.56 Å². The van der Waals surface area contributed by atoms with Crippen molar-refractivity contribution in [2.75, 3.05) is 0 Å². The zero-order valence-corrected chi connectivity index (χ0v) is 13.5. The van der Waals surface area contributed by atoms with E-state index in [1.54, 1.807) is 48.5 Å². The van der Waals surface area contributed by atoms with Crippen molar-refractivity contribution in [3.63, 3.8) is 0 Å². The van der Waals surface area contributed by atoms with Crippen molar-refractivity contribution in [2.45, 2.75) is 11.4 Å². The molecule has 0 bridgehead atoms. The standard InChI is InChI=1S/C16H13ClN2O3S/c17-13-6-3-4-11(8-13)10-19-23(20,21)15-9-12-5-1-2-7-14(12)22-16(15)18/h1-9,18-19H,10H2. The number of sulfonamides is 1. The molecule has 0 saturated heterocycles. The van der Waals surface area contributed by atoms with Crippen molar-refractivity contribution in [2.24, 2.45) is 0 Å². The molecule has 0 spiro atoms. The Morgan fingerprint density at radius 1 is 1.09 bits per heavy atom. The van der Waals surface area contributed by atoms with Gasteiger partial charge in [-0.3, -0.25) is 5.41 Å². The molecule has 0 aliphatic carbocycles. The van der Waals surface area contributed by atoms with Gasteiger partial charge in [-0.2, -0.15) is 0 Å². The highest BCUT2D eigenvalue weighted by Gasteiger charge is 2.18. The number of fused-ring (bicyclic) bond motifs is 1. The molecule has 1 heterocycles. The summed E-state index contributed by atoms with van der Waals surface area (Å²) in [6, 6.07) is 15.3. The van der Waals surface area contributed by atoms with Gasteiger partial charge in [0.1, 0.15) is 10.5 Å². The summed E-state index contributed by atoms with van der Waals surface area (Å²) in [5, 5.41) is 8.97. The van der Waals surface area contributed by atoms with Crippen molar-refractivity contribution in [3.8, 4) is 0 Å². The van der Waals surface area contributed by atoms with E-state index in [1.165, 1.54) is 6.07 Å². The first-order chi connectivity index (χ1) is 11.0. The van der Waals surface area contributed by atoms with Gasteiger partial charge in [0.25, 0.3) is 0 Å². The molecular formula is C16H13ClN2O3S. The third-order valence-corrected chi connectivity index (χ3v) is 4.93. The lowest BCUT2D eigenvalue weighted by Crippen LogP contribution is -2.27. The second-order valence-electron chi connectivity index (χ2n) is 4.93. The Labute approximate surface area is 138 Å². The number of benzene rings is 2. The first-order valence-corrected chi connectivity index (χ1v) is 8.63. The summed E-state index contributed by atoms with van der Waals surface area (Å²) in [7, 11) is -3.87. The molecular weight excluding hydrogens is 336 g/mol. The fourth-order valence-electron chi connectivity index (χ4n) is 2.16. The van der Waals surface area contributed by atoms with Gasteiger partial charge in [0, 0.05) is 17.0 Å². The van der Waals surface area contributed by atoms with Crippen molar-refractivity contribution >= 4 is 32.6 Å². The number of nitrogens with one attached hydrogen (secondary N) is 2. The first kappa shape index (κ1) is 15.7. The summed E-state index contributed by atoms with van der Waals surface area (Å²) in [5.41, 5.74) is 0.791. The highest BCUT2D eigenvalue weighted by molar-refractivity contribution is 7.89. The van der Waals surface area contributed by atoms with Crippen LogP contribution in [0.2, 0.25) is 5.02 Å². The van der Waals surface area contributed by atoms with Gasteiger partial charge in [-0.1, -0.05) is 41.9 Å². The Bertz CT molecular complexity index is 1030. The second-order valence-corrected chi connectivity index (χ2v) is 7.10. The summed E-state index contributed by atoms with van der Waals surface area (Å²) in [6.07, 6.45) is 0. The SMILES string of the molecule is N=c1oc2ccccc2cc1S(=O)(=O)NCc1cccc(Cl)c1. The Morgan fingerprint density at radius 3 is 2.65 bits per heavy atom. The van der Waals surface area contributed by atoms with E-state index in [1.807, 2.05) is 0 Å². The van der Waals surface area contributed by atoms with Crippen LogP contribution in [0.3, 0.4) is 0 Å². The molecule has 0 atom stereocenters. The molecule has 2 N–H and O–H groups in total. The van der Waals surface area contributed by atoms with Crippen LogP contribution in [-0.4, -0.2) is 8.42 Å². The van der Waals surface area contributed by atoms with E-state index in [2.05, 4.69) is 4.72 Å². The highest BCUT2D eigenvalue weighted by atomic mass is 35.5. The summed E-state index contributed by atoms with van der Waals surface area (Å²) >= 11 is 5.88. The summed E-state index contributed by atoms with van der Waals surface area (Å²) < 4.78 is 32.6. The van der Waals surface area contributed by atoms with E-state index < -0.39 is 15.6 Å². The molecule has 2 aromatic carbocycles. The van der Waals surface area contributed by atoms with Crippen LogP contribution in [0, 0.1) is 5.41 Å². The van der Waals surface area contributed by atoms with Crippen molar-refractivity contribution in [3.05, 3.63) is 70.7 Å². The van der Waals surface area contributed by atoms with Crippen molar-refractivity contribution in [1.82, 2.24) is 4.72 Å². The van der Waals surface area contributed by atoms with Crippen LogP contribution in [-0.2, 0) is 16.6 Å². The van der Waals surface area contributed by atoms with Gasteiger partial charge in [0.2, 0.25) is 15.6 Å². The minimum absolute atomic E-state index is 0.0785. The molecule has 1 aromatic heterocycles. The summed E-state index contributed by atoms with van der Waals surface area (Å²) in [5.74, 6) is 0. The third-order valence-electron chi connectivity index (χ3n) is 3.29. The van der Waals surface area contributed by atoms with Crippen LogP contribution in [0.4, 0.5) is 0 Å². The molecule has 0 aliphatic heterocycles. The summed E-state index contributed by atoms with van der Waals surface area (Å²) in [4.78, 5) is -0.196. The van der Waals surface area contributed by atoms with Crippen molar-refractivity contribution < 1.29 is 12.8 Å². The zero-order chi connectivity index (χ0) is 16.4. The Hall–Kier alpha value is -2.15. The molecule has 23 heavy (non-hydrogen) atoms. The van der Waals surface area contributed by atoms with E-state index in [4.69, 9.17) is 21.4 Å². The number of rotatable bonds is 4. The predicted octanol–water partition coefficient (Wildman–Crippen LogP) is 3.04. The van der Waals surface area contributed by atoms with Crippen molar-refractivity contribution in [1.29, 1.82) is 5.41 Å². The maximum absolute atomic E-state index is 12.4. The third kappa shape index (κ3) is 3.44. The van der Waals surface area contributed by atoms with Crippen LogP contribution in [0.1, 0.15) is 5.56 Å². The minimum Gasteiger partial charge on any atom is -0.438 e. The maximum atomic E-state index is 12.4. The molecule has 7 heteroatoms. The zero-order valence-electron chi connectivity index (χ0n) is 11.9. The number of hydrogen-bond acceptors (Lipinski definition) is 4.